The first-order valence-corrected chi connectivity index (χ1v) is 14.5. The van der Waals surface area contributed by atoms with Gasteiger partial charge in [0, 0.05) is 46.5 Å². The first kappa shape index (κ1) is 26.3. The van der Waals surface area contributed by atoms with Crippen molar-refractivity contribution in [1.29, 1.82) is 0 Å². The summed E-state index contributed by atoms with van der Waals surface area (Å²) in [5, 5.41) is 26.1. The van der Waals surface area contributed by atoms with Crippen LogP contribution in [0.15, 0.2) is 109 Å². The minimum Gasteiger partial charge on any atom is -0.394 e. The second kappa shape index (κ2) is 9.77. The molecule has 0 spiro atoms. The van der Waals surface area contributed by atoms with Gasteiger partial charge in [0.2, 0.25) is 0 Å². The van der Waals surface area contributed by atoms with Crippen LogP contribution in [0.2, 0.25) is 0 Å². The molecule has 7 rings (SSSR count). The highest BCUT2D eigenvalue weighted by Crippen LogP contribution is 2.61. The Morgan fingerprint density at radius 3 is 1.42 bits per heavy atom. The molecule has 0 aromatic heterocycles. The van der Waals surface area contributed by atoms with Crippen LogP contribution in [0, 0.1) is 20.2 Å². The molecule has 1 N–H and O–H groups in total. The molecule has 0 unspecified atom stereocenters. The van der Waals surface area contributed by atoms with Gasteiger partial charge in [-0.3, -0.25) is 25.1 Å². The number of nitrogens with zero attached hydrogens (tertiary/aromatic N) is 2. The van der Waals surface area contributed by atoms with Crippen molar-refractivity contribution in [3.8, 4) is 44.9 Å². The molecule has 210 valence electrons. The summed E-state index contributed by atoms with van der Waals surface area (Å²) < 4.78 is 25.3. The summed E-state index contributed by atoms with van der Waals surface area (Å²) in [5.41, 5.74) is 2.10. The van der Waals surface area contributed by atoms with Crippen LogP contribution in [0.25, 0.3) is 54.9 Å². The summed E-state index contributed by atoms with van der Waals surface area (Å²) in [6.07, 6.45) is 0. The Morgan fingerprint density at radius 1 is 0.581 bits per heavy atom. The van der Waals surface area contributed by atoms with Gasteiger partial charge in [-0.25, -0.2) is 4.57 Å². The molecule has 0 aliphatic carbocycles. The van der Waals surface area contributed by atoms with Crippen molar-refractivity contribution >= 4 is 40.7 Å². The average molecular weight is 590 g/mol. The van der Waals surface area contributed by atoms with Crippen molar-refractivity contribution in [2.75, 3.05) is 0 Å². The second-order valence-corrected chi connectivity index (χ2v) is 11.3. The fourth-order valence-electron chi connectivity index (χ4n) is 5.60. The number of hydrogen-bond acceptors (Lipinski definition) is 7. The van der Waals surface area contributed by atoms with Gasteiger partial charge >= 0.3 is 7.82 Å². The number of phosphoric ester groups is 1. The Balaban J connectivity index is 1.67. The maximum atomic E-state index is 13.7. The standard InChI is InChI=1S/C32H19N2O8P/c35-33(36)23-11-5-9-19(15-23)27-17-21-7-1-3-13-25(21)29-30-26-14-4-2-8-22(26)18-28(20-10-6-12-24(16-20)34(37)38)32(30)42-43(39,40)41-31(27)29/h1-18H,(H,39,40). The topological polar surface area (TPSA) is 142 Å². The lowest BCUT2D eigenvalue weighted by Crippen LogP contribution is -2.00. The van der Waals surface area contributed by atoms with E-state index in [-0.39, 0.29) is 22.9 Å². The van der Waals surface area contributed by atoms with Gasteiger partial charge in [0.25, 0.3) is 11.4 Å². The first-order valence-electron chi connectivity index (χ1n) is 13.0. The fraction of sp³-hybridized carbons (Fsp3) is 0. The van der Waals surface area contributed by atoms with Gasteiger partial charge in [0.05, 0.1) is 9.85 Å². The van der Waals surface area contributed by atoms with E-state index < -0.39 is 17.7 Å². The Morgan fingerprint density at radius 2 is 1.00 bits per heavy atom. The normalized spacial score (nSPS) is 13.3. The summed E-state index contributed by atoms with van der Waals surface area (Å²) in [6, 6.07) is 30.1. The highest BCUT2D eigenvalue weighted by atomic mass is 31.2. The molecule has 0 atom stereocenters. The van der Waals surface area contributed by atoms with E-state index in [0.717, 1.165) is 10.8 Å². The lowest BCUT2D eigenvalue weighted by Gasteiger charge is -2.18. The molecule has 1 aliphatic heterocycles. The average Bonchev–Trinajstić information content (AvgIpc) is 3.13. The monoisotopic (exact) mass is 590 g/mol. The fourth-order valence-corrected chi connectivity index (χ4v) is 6.47. The SMILES string of the molecule is O=[N+]([O-])c1cccc(-c2cc3ccccc3c3c2OP(=O)(O)Oc2c(-c4cccc([N+](=O)[O-])c4)cc4ccccc4c2-3)c1. The Bertz CT molecular complexity index is 2060. The number of fused-ring (bicyclic) bond motifs is 7. The number of hydrogen-bond donors (Lipinski definition) is 1. The molecule has 43 heavy (non-hydrogen) atoms. The van der Waals surface area contributed by atoms with Crippen molar-refractivity contribution in [3.63, 3.8) is 0 Å². The molecule has 11 heteroatoms. The zero-order valence-corrected chi connectivity index (χ0v) is 22.9. The molecule has 10 nitrogen and oxygen atoms in total. The van der Waals surface area contributed by atoms with Crippen LogP contribution in [0.4, 0.5) is 11.4 Å². The van der Waals surface area contributed by atoms with Gasteiger partial charge in [-0.1, -0.05) is 72.8 Å². The van der Waals surface area contributed by atoms with E-state index in [9.17, 15) is 29.7 Å². The van der Waals surface area contributed by atoms with E-state index in [4.69, 9.17) is 9.05 Å². The van der Waals surface area contributed by atoms with Crippen LogP contribution < -0.4 is 9.05 Å². The van der Waals surface area contributed by atoms with Crippen LogP contribution in [0.3, 0.4) is 0 Å². The van der Waals surface area contributed by atoms with Crippen molar-refractivity contribution in [3.05, 3.63) is 129 Å². The van der Waals surface area contributed by atoms with Gasteiger partial charge < -0.3 is 9.05 Å². The number of phosphoric acid groups is 1. The lowest BCUT2D eigenvalue weighted by atomic mass is 9.86. The molecule has 0 fully saturated rings. The first-order chi connectivity index (χ1) is 20.7. The number of non-ortho nitro benzene ring substituents is 2. The molecule has 1 heterocycles. The molecule has 0 saturated carbocycles. The van der Waals surface area contributed by atoms with E-state index in [1.54, 1.807) is 24.3 Å². The smallest absolute Gasteiger partial charge is 0.394 e. The molecule has 0 saturated heterocycles. The molecule has 6 aromatic rings. The Kier molecular flexibility index (Phi) is 5.98. The largest absolute Gasteiger partial charge is 0.584 e. The van der Waals surface area contributed by atoms with E-state index in [0.29, 0.717) is 44.2 Å². The van der Waals surface area contributed by atoms with Gasteiger partial charge in [-0.15, -0.1) is 0 Å². The zero-order chi connectivity index (χ0) is 29.9. The zero-order valence-electron chi connectivity index (χ0n) is 22.0. The number of nitro benzene ring substituents is 2. The van der Waals surface area contributed by atoms with Gasteiger partial charge in [-0.05, 0) is 44.8 Å². The summed E-state index contributed by atoms with van der Waals surface area (Å²) in [7, 11) is -4.88. The van der Waals surface area contributed by atoms with Crippen LogP contribution in [0.5, 0.6) is 11.5 Å². The molecular formula is C32H19N2O8P. The van der Waals surface area contributed by atoms with Gasteiger partial charge in [-0.2, -0.15) is 0 Å². The molecule has 0 amide bonds. The highest BCUT2D eigenvalue weighted by molar-refractivity contribution is 7.48. The third-order valence-corrected chi connectivity index (χ3v) is 8.23. The third-order valence-electron chi connectivity index (χ3n) is 7.40. The molecule has 0 radical (unpaired) electrons. The van der Waals surface area contributed by atoms with Crippen molar-refractivity contribution < 1.29 is 28.4 Å². The predicted octanol–water partition coefficient (Wildman–Crippen LogP) is 8.68. The van der Waals surface area contributed by atoms with Crippen molar-refractivity contribution in [2.24, 2.45) is 0 Å². The summed E-state index contributed by atoms with van der Waals surface area (Å²) in [4.78, 5) is 33.3. The Hall–Kier alpha value is -5.57. The Labute approximate surface area is 243 Å². The second-order valence-electron chi connectivity index (χ2n) is 9.96. The van der Waals surface area contributed by atoms with E-state index >= 15 is 0 Å². The van der Waals surface area contributed by atoms with Crippen LogP contribution in [0.1, 0.15) is 0 Å². The van der Waals surface area contributed by atoms with E-state index in [1.807, 2.05) is 48.5 Å². The van der Waals surface area contributed by atoms with Crippen LogP contribution >= 0.6 is 7.82 Å². The quantitative estimate of drug-likeness (QED) is 0.122. The van der Waals surface area contributed by atoms with Crippen LogP contribution in [-0.2, 0) is 4.57 Å². The molecule has 0 bridgehead atoms. The van der Waals surface area contributed by atoms with Crippen LogP contribution in [-0.4, -0.2) is 14.7 Å². The third kappa shape index (κ3) is 4.46. The van der Waals surface area contributed by atoms with Gasteiger partial charge in [0.1, 0.15) is 11.5 Å². The highest BCUT2D eigenvalue weighted by Gasteiger charge is 2.37. The number of nitro groups is 2. The minimum absolute atomic E-state index is 0.0186. The van der Waals surface area contributed by atoms with E-state index in [1.165, 1.54) is 36.4 Å². The lowest BCUT2D eigenvalue weighted by molar-refractivity contribution is -0.385. The number of benzene rings is 6. The maximum absolute atomic E-state index is 13.7. The molecule has 1 aliphatic rings. The van der Waals surface area contributed by atoms with Gasteiger partial charge in [0.15, 0.2) is 0 Å². The summed E-state index contributed by atoms with van der Waals surface area (Å²) >= 11 is 0. The molecular weight excluding hydrogens is 571 g/mol. The van der Waals surface area contributed by atoms with E-state index in [2.05, 4.69) is 0 Å². The predicted molar refractivity (Wildman–Crippen MR) is 162 cm³/mol. The summed E-state index contributed by atoms with van der Waals surface area (Å²) in [5.74, 6) is 0.0373. The number of rotatable bonds is 4. The van der Waals surface area contributed by atoms with Crippen molar-refractivity contribution in [1.82, 2.24) is 0 Å². The van der Waals surface area contributed by atoms with Crippen molar-refractivity contribution in [2.45, 2.75) is 0 Å². The maximum Gasteiger partial charge on any atom is 0.584 e. The molecule has 6 aromatic carbocycles. The minimum atomic E-state index is -4.88. The summed E-state index contributed by atoms with van der Waals surface area (Å²) in [6.45, 7) is 0.